The number of phenolic OH excluding ortho intramolecular Hbond substituents is 2. The minimum absolute atomic E-state index is 0.165. The van der Waals surface area contributed by atoms with E-state index in [0.717, 1.165) is 24.3 Å². The normalized spacial score (nSPS) is 17.2. The Kier molecular flexibility index (Phi) is 4.29. The van der Waals surface area contributed by atoms with Crippen molar-refractivity contribution in [3.8, 4) is 11.5 Å². The summed E-state index contributed by atoms with van der Waals surface area (Å²) < 4.78 is 0. The van der Waals surface area contributed by atoms with Gasteiger partial charge < -0.3 is 10.2 Å². The summed E-state index contributed by atoms with van der Waals surface area (Å²) in [4.78, 5) is 0. The minimum atomic E-state index is 0.165. The fourth-order valence-corrected chi connectivity index (χ4v) is 2.87. The van der Waals surface area contributed by atoms with Gasteiger partial charge in [-0.3, -0.25) is 0 Å². The van der Waals surface area contributed by atoms with Crippen molar-refractivity contribution in [3.05, 3.63) is 23.8 Å². The van der Waals surface area contributed by atoms with Gasteiger partial charge in [-0.1, -0.05) is 38.5 Å². The van der Waals surface area contributed by atoms with Gasteiger partial charge in [-0.2, -0.15) is 0 Å². The van der Waals surface area contributed by atoms with Crippen molar-refractivity contribution < 1.29 is 10.2 Å². The zero-order valence-corrected chi connectivity index (χ0v) is 10.4. The molecular formula is C15H22O2. The first kappa shape index (κ1) is 12.3. The Hall–Kier alpha value is -1.18. The Morgan fingerprint density at radius 2 is 1.59 bits per heavy atom. The lowest BCUT2D eigenvalue weighted by Crippen LogP contribution is -2.06. The molecule has 0 amide bonds. The summed E-state index contributed by atoms with van der Waals surface area (Å²) in [5, 5.41) is 18.8. The second kappa shape index (κ2) is 5.95. The molecule has 0 aliphatic heterocycles. The third kappa shape index (κ3) is 3.95. The maximum Gasteiger partial charge on any atom is 0.119 e. The van der Waals surface area contributed by atoms with Crippen LogP contribution in [0.1, 0.15) is 50.5 Å². The monoisotopic (exact) mass is 234 g/mol. The van der Waals surface area contributed by atoms with Gasteiger partial charge in [0, 0.05) is 6.07 Å². The van der Waals surface area contributed by atoms with E-state index < -0.39 is 0 Å². The van der Waals surface area contributed by atoms with Gasteiger partial charge in [0.25, 0.3) is 0 Å². The quantitative estimate of drug-likeness (QED) is 0.826. The molecule has 0 saturated heterocycles. The van der Waals surface area contributed by atoms with Gasteiger partial charge >= 0.3 is 0 Å². The fourth-order valence-electron chi connectivity index (χ4n) is 2.87. The minimum Gasteiger partial charge on any atom is -0.508 e. The Bertz CT molecular complexity index is 334. The molecule has 0 unspecified atom stereocenters. The summed E-state index contributed by atoms with van der Waals surface area (Å²) >= 11 is 0. The second-order valence-corrected chi connectivity index (χ2v) is 5.25. The lowest BCUT2D eigenvalue weighted by molar-refractivity contribution is 0.332. The molecule has 0 spiro atoms. The first-order valence-corrected chi connectivity index (χ1v) is 6.76. The van der Waals surface area contributed by atoms with E-state index in [0.29, 0.717) is 0 Å². The van der Waals surface area contributed by atoms with Crippen LogP contribution in [-0.4, -0.2) is 10.2 Å². The number of rotatable bonds is 4. The van der Waals surface area contributed by atoms with Crippen molar-refractivity contribution in [1.82, 2.24) is 0 Å². The molecule has 0 heterocycles. The summed E-state index contributed by atoms with van der Waals surface area (Å²) in [6.45, 7) is 0. The Morgan fingerprint density at radius 1 is 0.941 bits per heavy atom. The molecule has 1 fully saturated rings. The summed E-state index contributed by atoms with van der Waals surface area (Å²) in [5.41, 5.74) is 1.04. The van der Waals surface area contributed by atoms with Gasteiger partial charge in [0.05, 0.1) is 0 Å². The van der Waals surface area contributed by atoms with Gasteiger partial charge in [0.1, 0.15) is 11.5 Å². The van der Waals surface area contributed by atoms with Crippen LogP contribution in [0.3, 0.4) is 0 Å². The van der Waals surface area contributed by atoms with Gasteiger partial charge in [0.15, 0.2) is 0 Å². The average molecular weight is 234 g/mol. The molecule has 2 N–H and O–H groups in total. The van der Waals surface area contributed by atoms with Gasteiger partial charge in [-0.15, -0.1) is 0 Å². The Balaban J connectivity index is 1.77. The predicted octanol–water partition coefficient (Wildman–Crippen LogP) is 4.00. The van der Waals surface area contributed by atoms with Crippen LogP contribution in [0.25, 0.3) is 0 Å². The van der Waals surface area contributed by atoms with E-state index in [4.69, 9.17) is 0 Å². The van der Waals surface area contributed by atoms with Gasteiger partial charge in [-0.05, 0) is 36.5 Å². The molecule has 0 bridgehead atoms. The van der Waals surface area contributed by atoms with Crippen LogP contribution in [-0.2, 0) is 6.42 Å². The molecular weight excluding hydrogens is 212 g/mol. The third-order valence-electron chi connectivity index (χ3n) is 3.76. The van der Waals surface area contributed by atoms with Crippen LogP contribution >= 0.6 is 0 Å². The lowest BCUT2D eigenvalue weighted by atomic mass is 9.85. The molecule has 1 aromatic carbocycles. The van der Waals surface area contributed by atoms with E-state index in [-0.39, 0.29) is 11.5 Å². The van der Waals surface area contributed by atoms with Crippen molar-refractivity contribution >= 4 is 0 Å². The predicted molar refractivity (Wildman–Crippen MR) is 69.3 cm³/mol. The molecule has 1 aliphatic rings. The van der Waals surface area contributed by atoms with E-state index in [1.54, 1.807) is 12.1 Å². The highest BCUT2D eigenvalue weighted by Crippen LogP contribution is 2.28. The topological polar surface area (TPSA) is 40.5 Å². The summed E-state index contributed by atoms with van der Waals surface area (Å²) in [6.07, 6.45) is 10.4. The van der Waals surface area contributed by atoms with Gasteiger partial charge in [-0.25, -0.2) is 0 Å². The summed E-state index contributed by atoms with van der Waals surface area (Å²) in [5.74, 6) is 1.24. The molecule has 94 valence electrons. The number of hydrogen-bond donors (Lipinski definition) is 2. The van der Waals surface area contributed by atoms with Crippen LogP contribution < -0.4 is 0 Å². The molecule has 2 nitrogen and oxygen atoms in total. The molecule has 1 aromatic rings. The zero-order valence-electron chi connectivity index (χ0n) is 10.4. The SMILES string of the molecule is Oc1cc(O)cc(CCCC2CCCCC2)c1. The highest BCUT2D eigenvalue weighted by Gasteiger charge is 2.12. The maximum absolute atomic E-state index is 9.38. The highest BCUT2D eigenvalue weighted by atomic mass is 16.3. The van der Waals surface area contributed by atoms with Crippen LogP contribution in [0.15, 0.2) is 18.2 Å². The largest absolute Gasteiger partial charge is 0.508 e. The Labute approximate surface area is 103 Å². The van der Waals surface area contributed by atoms with Crippen molar-refractivity contribution in [3.63, 3.8) is 0 Å². The lowest BCUT2D eigenvalue weighted by Gasteiger charge is -2.21. The number of phenols is 2. The third-order valence-corrected chi connectivity index (χ3v) is 3.76. The average Bonchev–Trinajstić information content (AvgIpc) is 2.29. The van der Waals surface area contributed by atoms with E-state index in [2.05, 4.69) is 0 Å². The van der Waals surface area contributed by atoms with E-state index in [1.165, 1.54) is 44.6 Å². The highest BCUT2D eigenvalue weighted by molar-refractivity contribution is 5.36. The fraction of sp³-hybridized carbons (Fsp3) is 0.600. The molecule has 2 heteroatoms. The second-order valence-electron chi connectivity index (χ2n) is 5.25. The summed E-state index contributed by atoms with van der Waals surface area (Å²) in [7, 11) is 0. The first-order chi connectivity index (χ1) is 8.24. The molecule has 17 heavy (non-hydrogen) atoms. The smallest absolute Gasteiger partial charge is 0.119 e. The van der Waals surface area contributed by atoms with Crippen molar-refractivity contribution in [2.45, 2.75) is 51.4 Å². The number of hydrogen-bond acceptors (Lipinski definition) is 2. The van der Waals surface area contributed by atoms with Crippen molar-refractivity contribution in [1.29, 1.82) is 0 Å². The zero-order chi connectivity index (χ0) is 12.1. The number of aromatic hydroxyl groups is 2. The molecule has 1 aliphatic carbocycles. The van der Waals surface area contributed by atoms with E-state index in [1.807, 2.05) is 0 Å². The van der Waals surface area contributed by atoms with Crippen molar-refractivity contribution in [2.75, 3.05) is 0 Å². The molecule has 0 atom stereocenters. The molecule has 1 saturated carbocycles. The number of aryl methyl sites for hydroxylation is 1. The maximum atomic E-state index is 9.38. The van der Waals surface area contributed by atoms with Crippen LogP contribution in [0.4, 0.5) is 0 Å². The first-order valence-electron chi connectivity index (χ1n) is 6.76. The molecule has 2 rings (SSSR count). The van der Waals surface area contributed by atoms with Gasteiger partial charge in [0.2, 0.25) is 0 Å². The standard InChI is InChI=1S/C15H22O2/c16-14-9-13(10-15(17)11-14)8-4-7-12-5-2-1-3-6-12/h9-12,16-17H,1-8H2. The van der Waals surface area contributed by atoms with Crippen LogP contribution in [0, 0.1) is 5.92 Å². The Morgan fingerprint density at radius 3 is 2.24 bits per heavy atom. The molecule has 0 aromatic heterocycles. The molecule has 0 radical (unpaired) electrons. The van der Waals surface area contributed by atoms with E-state index >= 15 is 0 Å². The number of benzene rings is 1. The van der Waals surface area contributed by atoms with Crippen molar-refractivity contribution in [2.24, 2.45) is 5.92 Å². The van der Waals surface area contributed by atoms with Crippen LogP contribution in [0.2, 0.25) is 0 Å². The summed E-state index contributed by atoms with van der Waals surface area (Å²) in [6, 6.07) is 4.88. The van der Waals surface area contributed by atoms with Crippen LogP contribution in [0.5, 0.6) is 11.5 Å². The van der Waals surface area contributed by atoms with E-state index in [9.17, 15) is 10.2 Å².